The van der Waals surface area contributed by atoms with Gasteiger partial charge < -0.3 is 20.8 Å². The van der Waals surface area contributed by atoms with Gasteiger partial charge >= 0.3 is 6.09 Å². The van der Waals surface area contributed by atoms with Crippen molar-refractivity contribution in [2.24, 2.45) is 5.73 Å². The number of aromatic amines is 1. The number of thiophene rings is 2. The van der Waals surface area contributed by atoms with Crippen molar-refractivity contribution in [2.75, 3.05) is 13.1 Å². The first kappa shape index (κ1) is 37.2. The Kier molecular flexibility index (Phi) is 12.5. The second kappa shape index (κ2) is 16.2. The molecule has 6 aromatic rings. The number of carbonyl (C=O) groups is 1. The largest absolute Gasteiger partial charge is 0.444 e. The maximum Gasteiger partial charge on any atom is 0.407 e. The summed E-state index contributed by atoms with van der Waals surface area (Å²) in [5.41, 5.74) is 7.35. The van der Waals surface area contributed by atoms with Crippen LogP contribution in [-0.2, 0) is 36.7 Å². The molecule has 0 saturated carbocycles. The molecule has 0 fully saturated rings. The fraction of sp³-hybridized carbons (Fsp3) is 0.242. The second-order valence-electron chi connectivity index (χ2n) is 11.4. The van der Waals surface area contributed by atoms with Crippen LogP contribution in [0.3, 0.4) is 0 Å². The first-order valence-electron chi connectivity index (χ1n) is 14.8. The van der Waals surface area contributed by atoms with Crippen molar-refractivity contribution in [3.05, 3.63) is 107 Å². The number of nitrogens with one attached hydrogen (secondary N) is 2. The minimum absolute atomic E-state index is 0.136. The van der Waals surface area contributed by atoms with Crippen LogP contribution in [0.25, 0.3) is 20.4 Å². The number of carbonyl (C=O) groups excluding carboxylic acids is 1. The first-order valence-corrected chi connectivity index (χ1v) is 20.3. The Balaban J connectivity index is 0.000000172. The highest BCUT2D eigenvalue weighted by molar-refractivity contribution is 8.13. The molecule has 48 heavy (non-hydrogen) atoms. The molecule has 0 bridgehead atoms. The van der Waals surface area contributed by atoms with Gasteiger partial charge in [-0.3, -0.25) is 0 Å². The van der Waals surface area contributed by atoms with E-state index in [0.29, 0.717) is 24.4 Å². The van der Waals surface area contributed by atoms with Crippen LogP contribution >= 0.6 is 33.4 Å². The third-order valence-corrected chi connectivity index (χ3v) is 11.6. The topological polar surface area (TPSA) is 153 Å². The van der Waals surface area contributed by atoms with E-state index in [0.717, 1.165) is 22.2 Å². The minimum Gasteiger partial charge on any atom is -0.444 e. The van der Waals surface area contributed by atoms with E-state index in [1.54, 1.807) is 66.1 Å². The van der Waals surface area contributed by atoms with E-state index >= 15 is 0 Å². The number of alkyl carbamates (subject to hydrolysis) is 1. The quantitative estimate of drug-likeness (QED) is 0.138. The van der Waals surface area contributed by atoms with Crippen molar-refractivity contribution in [3.8, 4) is 0 Å². The number of rotatable bonds is 8. The van der Waals surface area contributed by atoms with Crippen LogP contribution in [0.2, 0.25) is 0 Å². The molecule has 4 aromatic heterocycles. The van der Waals surface area contributed by atoms with E-state index < -0.39 is 24.7 Å². The Morgan fingerprint density at radius 2 is 1.48 bits per heavy atom. The normalized spacial score (nSPS) is 11.8. The number of nitrogens with zero attached hydrogens (tertiary/aromatic N) is 1. The summed E-state index contributed by atoms with van der Waals surface area (Å²) in [5, 5.41) is 8.94. The van der Waals surface area contributed by atoms with Crippen LogP contribution in [0.15, 0.2) is 106 Å². The zero-order chi connectivity index (χ0) is 35.0. The smallest absolute Gasteiger partial charge is 0.407 e. The summed E-state index contributed by atoms with van der Waals surface area (Å²) in [7, 11) is -2.05. The summed E-state index contributed by atoms with van der Waals surface area (Å²) >= 11 is 3.11. The molecule has 0 aliphatic rings. The molecular weight excluding hydrogens is 712 g/mol. The van der Waals surface area contributed by atoms with E-state index in [1.807, 2.05) is 38.4 Å². The van der Waals surface area contributed by atoms with E-state index in [4.69, 9.17) is 21.2 Å². The van der Waals surface area contributed by atoms with Gasteiger partial charge in [-0.25, -0.2) is 25.6 Å². The Labute approximate surface area is 293 Å². The number of fused-ring (bicyclic) bond motifs is 2. The summed E-state index contributed by atoms with van der Waals surface area (Å²) < 4.78 is 53.1. The molecule has 256 valence electrons. The molecule has 0 radical (unpaired) electrons. The monoisotopic (exact) mass is 748 g/mol. The van der Waals surface area contributed by atoms with Gasteiger partial charge in [-0.2, -0.15) is 0 Å². The molecule has 0 spiro atoms. The van der Waals surface area contributed by atoms with Gasteiger partial charge in [0.25, 0.3) is 19.1 Å². The molecule has 0 aliphatic carbocycles. The number of halogens is 1. The summed E-state index contributed by atoms with van der Waals surface area (Å²) in [4.78, 5) is 17.0. The van der Waals surface area contributed by atoms with Crippen LogP contribution in [0, 0.1) is 0 Å². The van der Waals surface area contributed by atoms with Gasteiger partial charge in [0, 0.05) is 40.4 Å². The number of ether oxygens (including phenoxy) is 1. The summed E-state index contributed by atoms with van der Waals surface area (Å²) in [5.74, 6) is 0. The Hall–Kier alpha value is -3.66. The molecule has 0 unspecified atom stereocenters. The molecule has 4 heterocycles. The van der Waals surface area contributed by atoms with Gasteiger partial charge in [-0.05, 0) is 98.4 Å². The van der Waals surface area contributed by atoms with E-state index in [-0.39, 0.29) is 11.0 Å². The highest BCUT2D eigenvalue weighted by Gasteiger charge is 2.21. The van der Waals surface area contributed by atoms with Crippen LogP contribution < -0.4 is 11.1 Å². The lowest BCUT2D eigenvalue weighted by molar-refractivity contribution is 0.0528. The van der Waals surface area contributed by atoms with Crippen molar-refractivity contribution < 1.29 is 26.4 Å². The molecule has 10 nitrogen and oxygen atoms in total. The predicted octanol–water partition coefficient (Wildman–Crippen LogP) is 7.35. The summed E-state index contributed by atoms with van der Waals surface area (Å²) in [6, 6.07) is 20.4. The Bertz CT molecular complexity index is 2150. The molecule has 15 heteroatoms. The summed E-state index contributed by atoms with van der Waals surface area (Å²) in [6.45, 7) is 6.65. The zero-order valence-corrected chi connectivity index (χ0v) is 30.6. The molecule has 4 N–H and O–H groups in total. The van der Waals surface area contributed by atoms with Crippen molar-refractivity contribution in [1.29, 1.82) is 0 Å². The highest BCUT2D eigenvalue weighted by atomic mass is 35.7. The molecule has 0 aliphatic heterocycles. The van der Waals surface area contributed by atoms with Gasteiger partial charge in [-0.1, -0.05) is 36.4 Å². The number of aromatic nitrogens is 2. The zero-order valence-electron chi connectivity index (χ0n) is 26.6. The number of amides is 1. The standard InChI is InChI=1S/C14H14N2O2S2.C13H18N2O2S.C6H5ClO2S/c15-8-6-11-10-16(14-13(11)7-9-19-14)20(17,18)12-4-2-1-3-5-12;1-13(2,3)17-12(16)14-6-4-9-8-15-11-10(9)5-7-18-11;7-10(8,9)6-4-2-1-3-5-6/h1-5,7,9-10H,6,8,15H2;5,7-8,15H,4,6H2,1-3H3,(H,14,16);1-5H. The fourth-order valence-electron chi connectivity index (χ4n) is 4.53. The first-order chi connectivity index (χ1) is 22.7. The van der Waals surface area contributed by atoms with Gasteiger partial charge in [0.05, 0.1) is 14.6 Å². The van der Waals surface area contributed by atoms with Crippen molar-refractivity contribution in [1.82, 2.24) is 14.3 Å². The Morgan fingerprint density at radius 1 is 0.875 bits per heavy atom. The lowest BCUT2D eigenvalue weighted by Gasteiger charge is -2.19. The van der Waals surface area contributed by atoms with Crippen LogP contribution in [-0.4, -0.2) is 50.6 Å². The number of hydrogen-bond donors (Lipinski definition) is 3. The lowest BCUT2D eigenvalue weighted by Crippen LogP contribution is -2.33. The second-order valence-corrected chi connectivity index (χ2v) is 17.5. The fourth-order valence-corrected chi connectivity index (χ4v) is 8.67. The van der Waals surface area contributed by atoms with Crippen molar-refractivity contribution >= 4 is 79.0 Å². The number of hydrogen-bond acceptors (Lipinski definition) is 9. The van der Waals surface area contributed by atoms with Crippen LogP contribution in [0.5, 0.6) is 0 Å². The van der Waals surface area contributed by atoms with E-state index in [2.05, 4.69) is 21.7 Å². The maximum atomic E-state index is 12.7. The van der Waals surface area contributed by atoms with Crippen LogP contribution in [0.1, 0.15) is 31.9 Å². The minimum atomic E-state index is -3.55. The molecule has 0 saturated heterocycles. The summed E-state index contributed by atoms with van der Waals surface area (Å²) in [6.07, 6.45) is 4.80. The van der Waals surface area contributed by atoms with Crippen LogP contribution in [0.4, 0.5) is 4.79 Å². The number of nitrogens with two attached hydrogens (primary N) is 1. The van der Waals surface area contributed by atoms with E-state index in [9.17, 15) is 21.6 Å². The van der Waals surface area contributed by atoms with E-state index in [1.165, 1.54) is 43.2 Å². The van der Waals surface area contributed by atoms with Gasteiger partial charge in [0.2, 0.25) is 0 Å². The number of H-pyrrole nitrogens is 1. The molecule has 1 amide bonds. The Morgan fingerprint density at radius 3 is 2.06 bits per heavy atom. The highest BCUT2D eigenvalue weighted by Crippen LogP contribution is 2.30. The third-order valence-electron chi connectivity index (χ3n) is 6.65. The van der Waals surface area contributed by atoms with Crippen molar-refractivity contribution in [3.63, 3.8) is 0 Å². The lowest BCUT2D eigenvalue weighted by atomic mass is 10.2. The molecule has 0 atom stereocenters. The average Bonchev–Trinajstić information content (AvgIpc) is 3.83. The molecule has 2 aromatic carbocycles. The maximum absolute atomic E-state index is 12.7. The number of benzene rings is 2. The van der Waals surface area contributed by atoms with Gasteiger partial charge in [-0.15, -0.1) is 22.7 Å². The molecular formula is C33H37ClN4O6S4. The van der Waals surface area contributed by atoms with Gasteiger partial charge in [0.1, 0.15) is 10.4 Å². The van der Waals surface area contributed by atoms with Gasteiger partial charge in [0.15, 0.2) is 0 Å². The third kappa shape index (κ3) is 9.94. The SMILES string of the molecule is CC(C)(C)OC(=O)NCCc1c[nH]c2sccc12.NCCc1cn(S(=O)(=O)c2ccccc2)c2sccc12.O=S(=O)(Cl)c1ccccc1. The molecule has 6 rings (SSSR count). The predicted molar refractivity (Wildman–Crippen MR) is 195 cm³/mol. The van der Waals surface area contributed by atoms with Crippen molar-refractivity contribution in [2.45, 2.75) is 49.0 Å². The average molecular weight is 749 g/mol.